The van der Waals surface area contributed by atoms with Gasteiger partial charge >= 0.3 is 0 Å². The molecule has 0 saturated carbocycles. The van der Waals surface area contributed by atoms with Crippen LogP contribution >= 0.6 is 11.6 Å². The Kier molecular flexibility index (Phi) is 2.22. The first-order valence-electron chi connectivity index (χ1n) is 5.63. The van der Waals surface area contributed by atoms with E-state index in [1.54, 1.807) is 0 Å². The summed E-state index contributed by atoms with van der Waals surface area (Å²) in [4.78, 5) is 1.28. The average Bonchev–Trinajstić information content (AvgIpc) is 2.53. The van der Waals surface area contributed by atoms with Crippen LogP contribution in [0.4, 0.5) is 0 Å². The fourth-order valence-corrected chi connectivity index (χ4v) is 4.29. The first-order valence-corrected chi connectivity index (χ1v) is 7.17. The molecular formula is C14H13ClOSi. The molecular weight excluding hydrogens is 248 g/mol. The van der Waals surface area contributed by atoms with Gasteiger partial charge in [0, 0.05) is 10.4 Å². The molecule has 2 aliphatic carbocycles. The van der Waals surface area contributed by atoms with Gasteiger partial charge in [-0.25, -0.2) is 0 Å². The summed E-state index contributed by atoms with van der Waals surface area (Å²) in [5.41, 5.74) is 2.51. The summed E-state index contributed by atoms with van der Waals surface area (Å²) in [7, 11) is -0.156. The molecule has 0 radical (unpaired) electrons. The summed E-state index contributed by atoms with van der Waals surface area (Å²) < 4.78 is 0. The number of hydrogen-bond donors (Lipinski definition) is 1. The zero-order valence-electron chi connectivity index (χ0n) is 9.79. The van der Waals surface area contributed by atoms with Crippen molar-refractivity contribution in [3.05, 3.63) is 44.9 Å². The van der Waals surface area contributed by atoms with Gasteiger partial charge in [0.15, 0.2) is 0 Å². The fraction of sp³-hybridized carbons (Fsp3) is 0.214. The van der Waals surface area contributed by atoms with Gasteiger partial charge in [-0.05, 0) is 33.3 Å². The molecule has 0 amide bonds. The highest BCUT2D eigenvalue weighted by Gasteiger charge is 2.29. The van der Waals surface area contributed by atoms with Gasteiger partial charge in [-0.15, -0.1) is 0 Å². The SMILES string of the molecule is CC1(C)C=C(Cl)C=C2C=c3[siH]c(O)ccc3=C21. The van der Waals surface area contributed by atoms with Crippen molar-refractivity contribution >= 4 is 32.4 Å². The summed E-state index contributed by atoms with van der Waals surface area (Å²) >= 11 is 6.16. The van der Waals surface area contributed by atoms with Crippen LogP contribution in [-0.4, -0.2) is 14.2 Å². The van der Waals surface area contributed by atoms with Crippen molar-refractivity contribution in [3.8, 4) is 5.36 Å². The average molecular weight is 261 g/mol. The van der Waals surface area contributed by atoms with Crippen LogP contribution in [0.1, 0.15) is 13.8 Å². The van der Waals surface area contributed by atoms with Gasteiger partial charge in [-0.2, -0.15) is 0 Å². The zero-order chi connectivity index (χ0) is 12.2. The molecule has 86 valence electrons. The van der Waals surface area contributed by atoms with E-state index in [0.717, 1.165) is 5.03 Å². The van der Waals surface area contributed by atoms with Gasteiger partial charge in [0.05, 0.1) is 14.5 Å². The topological polar surface area (TPSA) is 20.2 Å². The van der Waals surface area contributed by atoms with Crippen molar-refractivity contribution in [2.75, 3.05) is 0 Å². The Morgan fingerprint density at radius 3 is 2.76 bits per heavy atom. The van der Waals surface area contributed by atoms with E-state index < -0.39 is 0 Å². The molecule has 2 aliphatic rings. The minimum Gasteiger partial charge on any atom is -0.514 e. The van der Waals surface area contributed by atoms with Crippen molar-refractivity contribution < 1.29 is 5.11 Å². The Hall–Kier alpha value is -1.12. The van der Waals surface area contributed by atoms with Gasteiger partial charge in [0.2, 0.25) is 0 Å². The molecule has 0 bridgehead atoms. The number of hydrogen-bond acceptors (Lipinski definition) is 1. The van der Waals surface area contributed by atoms with E-state index in [0.29, 0.717) is 5.36 Å². The lowest BCUT2D eigenvalue weighted by molar-refractivity contribution is 0.488. The lowest BCUT2D eigenvalue weighted by Crippen LogP contribution is -2.30. The molecule has 0 spiro atoms. The number of fused-ring (bicyclic) bond motifs is 2. The summed E-state index contributed by atoms with van der Waals surface area (Å²) in [6.07, 6.45) is 6.29. The van der Waals surface area contributed by atoms with Crippen molar-refractivity contribution in [2.24, 2.45) is 5.41 Å². The van der Waals surface area contributed by atoms with E-state index in [1.807, 2.05) is 18.2 Å². The predicted molar refractivity (Wildman–Crippen MR) is 73.8 cm³/mol. The van der Waals surface area contributed by atoms with Crippen LogP contribution in [0.25, 0.3) is 11.6 Å². The van der Waals surface area contributed by atoms with E-state index >= 15 is 0 Å². The quantitative estimate of drug-likeness (QED) is 0.701. The van der Waals surface area contributed by atoms with Crippen molar-refractivity contribution in [3.63, 3.8) is 0 Å². The third-order valence-electron chi connectivity index (χ3n) is 3.34. The van der Waals surface area contributed by atoms with Crippen LogP contribution in [0, 0.1) is 5.41 Å². The standard InChI is InChI=1S/C14H13ClOSi/c1-14(2)7-9(15)5-8-6-11-10(13(8)14)3-4-12(16)17-11/h3-7,16-17H,1-2H3. The molecule has 0 aromatic carbocycles. The predicted octanol–water partition coefficient (Wildman–Crippen LogP) is 1.50. The molecule has 1 aromatic heterocycles. The molecule has 0 fully saturated rings. The number of allylic oxidation sites excluding steroid dienone is 4. The number of aromatic hydroxyl groups is 1. The van der Waals surface area contributed by atoms with Crippen LogP contribution < -0.4 is 10.0 Å². The molecule has 1 heterocycles. The highest BCUT2D eigenvalue weighted by Crippen LogP contribution is 2.41. The molecule has 0 saturated heterocycles. The highest BCUT2D eigenvalue weighted by molar-refractivity contribution is 6.35. The van der Waals surface area contributed by atoms with E-state index in [1.165, 1.54) is 21.2 Å². The van der Waals surface area contributed by atoms with Crippen LogP contribution in [0.5, 0.6) is 5.36 Å². The summed E-state index contributed by atoms with van der Waals surface area (Å²) in [5.74, 6) is 0. The van der Waals surface area contributed by atoms with Crippen molar-refractivity contribution in [1.29, 1.82) is 0 Å². The Balaban J connectivity index is 2.42. The third-order valence-corrected chi connectivity index (χ3v) is 4.84. The Morgan fingerprint density at radius 2 is 2.00 bits per heavy atom. The number of halogens is 1. The highest BCUT2D eigenvalue weighted by atomic mass is 35.5. The Morgan fingerprint density at radius 1 is 1.24 bits per heavy atom. The molecule has 0 unspecified atom stereocenters. The van der Waals surface area contributed by atoms with Crippen molar-refractivity contribution in [1.82, 2.24) is 0 Å². The van der Waals surface area contributed by atoms with E-state index in [-0.39, 0.29) is 14.5 Å². The molecule has 3 heteroatoms. The lowest BCUT2D eigenvalue weighted by Gasteiger charge is -2.27. The fourth-order valence-electron chi connectivity index (χ4n) is 2.73. The molecule has 1 N–H and O–H groups in total. The summed E-state index contributed by atoms with van der Waals surface area (Å²) in [6, 6.07) is 3.86. The number of rotatable bonds is 0. The maximum absolute atomic E-state index is 9.62. The minimum absolute atomic E-state index is 0.0362. The molecule has 1 nitrogen and oxygen atoms in total. The summed E-state index contributed by atoms with van der Waals surface area (Å²) in [6.45, 7) is 4.37. The first-order chi connectivity index (χ1) is 7.97. The van der Waals surface area contributed by atoms with E-state index in [2.05, 4.69) is 26.0 Å². The van der Waals surface area contributed by atoms with E-state index in [9.17, 15) is 5.11 Å². The largest absolute Gasteiger partial charge is 0.514 e. The normalized spacial score (nSPS) is 20.1. The van der Waals surface area contributed by atoms with Gasteiger partial charge in [-0.1, -0.05) is 43.7 Å². The van der Waals surface area contributed by atoms with Crippen LogP contribution in [-0.2, 0) is 0 Å². The third kappa shape index (κ3) is 1.63. The van der Waals surface area contributed by atoms with Gasteiger partial charge < -0.3 is 5.11 Å². The monoisotopic (exact) mass is 260 g/mol. The summed E-state index contributed by atoms with van der Waals surface area (Å²) in [5, 5.41) is 12.2. The second kappa shape index (κ2) is 3.44. The Labute approximate surface area is 107 Å². The van der Waals surface area contributed by atoms with Crippen LogP contribution in [0.15, 0.2) is 34.9 Å². The molecule has 0 aliphatic heterocycles. The second-order valence-electron chi connectivity index (χ2n) is 5.14. The molecule has 3 rings (SSSR count). The van der Waals surface area contributed by atoms with Crippen molar-refractivity contribution in [2.45, 2.75) is 13.8 Å². The lowest BCUT2D eigenvalue weighted by atomic mass is 9.77. The smallest absolute Gasteiger partial charge is 0.0872 e. The molecule has 0 atom stereocenters. The maximum Gasteiger partial charge on any atom is 0.0872 e. The van der Waals surface area contributed by atoms with Gasteiger partial charge in [0.25, 0.3) is 0 Å². The van der Waals surface area contributed by atoms with Gasteiger partial charge in [-0.3, -0.25) is 0 Å². The zero-order valence-corrected chi connectivity index (χ0v) is 11.7. The van der Waals surface area contributed by atoms with Crippen LogP contribution in [0.2, 0.25) is 0 Å². The minimum atomic E-state index is -0.156. The molecule has 1 aromatic rings. The van der Waals surface area contributed by atoms with Crippen LogP contribution in [0.3, 0.4) is 0 Å². The van der Waals surface area contributed by atoms with E-state index in [4.69, 9.17) is 11.6 Å². The molecule has 17 heavy (non-hydrogen) atoms. The Bertz CT molecular complexity index is 695. The second-order valence-corrected chi connectivity index (χ2v) is 7.08. The first kappa shape index (κ1) is 11.0. The van der Waals surface area contributed by atoms with Gasteiger partial charge in [0.1, 0.15) is 0 Å². The maximum atomic E-state index is 9.62.